The van der Waals surface area contributed by atoms with Gasteiger partial charge in [0.2, 0.25) is 0 Å². The van der Waals surface area contributed by atoms with Crippen LogP contribution in [0.4, 0.5) is 0 Å². The highest BCUT2D eigenvalue weighted by molar-refractivity contribution is 5.06. The van der Waals surface area contributed by atoms with Crippen LogP contribution in [0.5, 0.6) is 0 Å². The van der Waals surface area contributed by atoms with Gasteiger partial charge in [0.05, 0.1) is 0 Å². The van der Waals surface area contributed by atoms with E-state index in [1.165, 1.54) is 25.7 Å². The third kappa shape index (κ3) is 3.45. The summed E-state index contributed by atoms with van der Waals surface area (Å²) in [5, 5.41) is 0. The molecule has 1 aliphatic carbocycles. The normalized spacial score (nSPS) is 23.7. The van der Waals surface area contributed by atoms with E-state index in [2.05, 4.69) is 26.8 Å². The molecule has 1 rings (SSSR count). The minimum absolute atomic E-state index is 0.499. The molecule has 0 aliphatic heterocycles. The van der Waals surface area contributed by atoms with Gasteiger partial charge in [0, 0.05) is 0 Å². The topological polar surface area (TPSA) is 26.0 Å². The zero-order valence-electron chi connectivity index (χ0n) is 9.97. The summed E-state index contributed by atoms with van der Waals surface area (Å²) in [6, 6.07) is 0. The molecular weight excluding hydrogens is 170 g/mol. The fourth-order valence-electron chi connectivity index (χ4n) is 2.35. The van der Waals surface area contributed by atoms with Crippen LogP contribution >= 0.6 is 0 Å². The van der Waals surface area contributed by atoms with E-state index in [0.717, 1.165) is 18.9 Å². The molecule has 0 heterocycles. The second kappa shape index (κ2) is 4.97. The van der Waals surface area contributed by atoms with Crippen LogP contribution in [0.15, 0.2) is 11.6 Å². The Morgan fingerprint density at radius 3 is 2.29 bits per heavy atom. The predicted octanol–water partition coefficient (Wildman–Crippen LogP) is 3.50. The van der Waals surface area contributed by atoms with Gasteiger partial charge in [-0.15, -0.1) is 0 Å². The number of rotatable bonds is 2. The maximum atomic E-state index is 5.50. The van der Waals surface area contributed by atoms with E-state index in [1.54, 1.807) is 5.57 Å². The molecule has 1 saturated carbocycles. The van der Waals surface area contributed by atoms with Crippen LogP contribution in [-0.4, -0.2) is 6.54 Å². The Bertz CT molecular complexity index is 188. The smallest absolute Gasteiger partial charge is 0.00425 e. The first-order valence-corrected chi connectivity index (χ1v) is 5.92. The van der Waals surface area contributed by atoms with E-state index in [9.17, 15) is 0 Å². The molecule has 1 fully saturated rings. The number of hydrogen-bond donors (Lipinski definition) is 1. The Morgan fingerprint density at radius 1 is 1.29 bits per heavy atom. The first kappa shape index (κ1) is 11.8. The molecule has 82 valence electrons. The number of nitrogens with two attached hydrogens (primary N) is 1. The third-order valence-electron chi connectivity index (χ3n) is 3.45. The minimum Gasteiger partial charge on any atom is -0.330 e. The Morgan fingerprint density at radius 2 is 1.86 bits per heavy atom. The van der Waals surface area contributed by atoms with Crippen molar-refractivity contribution in [1.29, 1.82) is 0 Å². The second-order valence-electron chi connectivity index (χ2n) is 5.58. The van der Waals surface area contributed by atoms with E-state index in [1.807, 2.05) is 0 Å². The summed E-state index contributed by atoms with van der Waals surface area (Å²) < 4.78 is 0. The molecule has 1 aliphatic rings. The van der Waals surface area contributed by atoms with E-state index < -0.39 is 0 Å². The van der Waals surface area contributed by atoms with Gasteiger partial charge in [-0.1, -0.05) is 32.4 Å². The van der Waals surface area contributed by atoms with Crippen LogP contribution < -0.4 is 5.73 Å². The molecule has 0 bridgehead atoms. The molecule has 1 heteroatoms. The highest BCUT2D eigenvalue weighted by atomic mass is 14.5. The van der Waals surface area contributed by atoms with Gasteiger partial charge < -0.3 is 5.73 Å². The maximum absolute atomic E-state index is 5.50. The lowest BCUT2D eigenvalue weighted by molar-refractivity contribution is 0.197. The Kier molecular flexibility index (Phi) is 4.18. The van der Waals surface area contributed by atoms with Gasteiger partial charge >= 0.3 is 0 Å². The monoisotopic (exact) mass is 195 g/mol. The average Bonchev–Trinajstić information content (AvgIpc) is 2.14. The largest absolute Gasteiger partial charge is 0.330 e. The summed E-state index contributed by atoms with van der Waals surface area (Å²) in [5.74, 6) is 0.914. The predicted molar refractivity (Wildman–Crippen MR) is 63.2 cm³/mol. The highest BCUT2D eigenvalue weighted by Crippen LogP contribution is 2.39. The number of hydrogen-bond acceptors (Lipinski definition) is 1. The van der Waals surface area contributed by atoms with Gasteiger partial charge in [0.25, 0.3) is 0 Å². The Balaban J connectivity index is 2.38. The quantitative estimate of drug-likeness (QED) is 0.671. The van der Waals surface area contributed by atoms with Gasteiger partial charge in [-0.05, 0) is 50.0 Å². The molecule has 0 aromatic carbocycles. The van der Waals surface area contributed by atoms with Crippen LogP contribution in [0.1, 0.15) is 52.9 Å². The van der Waals surface area contributed by atoms with Crippen LogP contribution in [0.3, 0.4) is 0 Å². The second-order valence-corrected chi connectivity index (χ2v) is 5.58. The fraction of sp³-hybridized carbons (Fsp3) is 0.846. The molecule has 0 saturated heterocycles. The molecule has 0 atom stereocenters. The van der Waals surface area contributed by atoms with E-state index in [0.29, 0.717) is 5.41 Å². The first-order chi connectivity index (χ1) is 6.54. The lowest BCUT2D eigenvalue weighted by Crippen LogP contribution is -2.23. The zero-order valence-corrected chi connectivity index (χ0v) is 9.97. The standard InChI is InChI=1S/C13H25N/c1-13(2,3)12-8-6-11(7-9-12)5-4-10-14/h5,12H,4,6-10,14H2,1-3H3. The molecular formula is C13H25N. The van der Waals surface area contributed by atoms with Gasteiger partial charge in [0.1, 0.15) is 0 Å². The van der Waals surface area contributed by atoms with Crippen LogP contribution in [0.25, 0.3) is 0 Å². The minimum atomic E-state index is 0.499. The maximum Gasteiger partial charge on any atom is -0.00425 e. The molecule has 0 unspecified atom stereocenters. The van der Waals surface area contributed by atoms with Crippen molar-refractivity contribution in [3.05, 3.63) is 11.6 Å². The van der Waals surface area contributed by atoms with E-state index in [4.69, 9.17) is 5.73 Å². The molecule has 0 amide bonds. The summed E-state index contributed by atoms with van der Waals surface area (Å²) in [7, 11) is 0. The van der Waals surface area contributed by atoms with E-state index in [-0.39, 0.29) is 0 Å². The van der Waals surface area contributed by atoms with Gasteiger partial charge in [-0.25, -0.2) is 0 Å². The van der Waals surface area contributed by atoms with Crippen LogP contribution in [0, 0.1) is 11.3 Å². The lowest BCUT2D eigenvalue weighted by Gasteiger charge is -2.34. The molecule has 2 N–H and O–H groups in total. The number of allylic oxidation sites excluding steroid dienone is 1. The fourth-order valence-corrected chi connectivity index (χ4v) is 2.35. The van der Waals surface area contributed by atoms with Crippen molar-refractivity contribution in [2.24, 2.45) is 17.1 Å². The average molecular weight is 195 g/mol. The van der Waals surface area contributed by atoms with Crippen molar-refractivity contribution in [2.45, 2.75) is 52.9 Å². The summed E-state index contributed by atoms with van der Waals surface area (Å²) in [6.07, 6.45) is 8.79. The highest BCUT2D eigenvalue weighted by Gasteiger charge is 2.27. The molecule has 0 aromatic heterocycles. The molecule has 1 nitrogen and oxygen atoms in total. The van der Waals surface area contributed by atoms with Gasteiger partial charge in [0.15, 0.2) is 0 Å². The SMILES string of the molecule is CC(C)(C)C1CCC(=CCCN)CC1. The van der Waals surface area contributed by atoms with Gasteiger partial charge in [-0.2, -0.15) is 0 Å². The summed E-state index contributed by atoms with van der Waals surface area (Å²) in [6.45, 7) is 7.90. The Hall–Kier alpha value is -0.300. The van der Waals surface area contributed by atoms with Crippen molar-refractivity contribution < 1.29 is 0 Å². The Labute approximate surface area is 88.8 Å². The molecule has 0 spiro atoms. The van der Waals surface area contributed by atoms with E-state index >= 15 is 0 Å². The summed E-state index contributed by atoms with van der Waals surface area (Å²) >= 11 is 0. The summed E-state index contributed by atoms with van der Waals surface area (Å²) in [4.78, 5) is 0. The van der Waals surface area contributed by atoms with Crippen LogP contribution in [0.2, 0.25) is 0 Å². The van der Waals surface area contributed by atoms with Crippen molar-refractivity contribution >= 4 is 0 Å². The van der Waals surface area contributed by atoms with Gasteiger partial charge in [-0.3, -0.25) is 0 Å². The van der Waals surface area contributed by atoms with Crippen molar-refractivity contribution in [1.82, 2.24) is 0 Å². The van der Waals surface area contributed by atoms with Crippen LogP contribution in [-0.2, 0) is 0 Å². The first-order valence-electron chi connectivity index (χ1n) is 5.92. The third-order valence-corrected chi connectivity index (χ3v) is 3.45. The van der Waals surface area contributed by atoms with Crippen molar-refractivity contribution in [2.75, 3.05) is 6.54 Å². The molecule has 0 radical (unpaired) electrons. The van der Waals surface area contributed by atoms with Crippen molar-refractivity contribution in [3.8, 4) is 0 Å². The summed E-state index contributed by atoms with van der Waals surface area (Å²) in [5.41, 5.74) is 7.65. The van der Waals surface area contributed by atoms with Crippen molar-refractivity contribution in [3.63, 3.8) is 0 Å². The molecule has 14 heavy (non-hydrogen) atoms. The molecule has 0 aromatic rings. The zero-order chi connectivity index (χ0) is 10.6. The lowest BCUT2D eigenvalue weighted by atomic mass is 9.71.